The van der Waals surface area contributed by atoms with Crippen LogP contribution in [0.15, 0.2) is 30.5 Å². The van der Waals surface area contributed by atoms with Crippen LogP contribution in [-0.4, -0.2) is 24.4 Å². The number of anilines is 1. The maximum atomic E-state index is 10.5. The van der Waals surface area contributed by atoms with Gasteiger partial charge in [-0.05, 0) is 18.6 Å². The van der Waals surface area contributed by atoms with Crippen molar-refractivity contribution in [3.63, 3.8) is 0 Å². The lowest BCUT2D eigenvalue weighted by molar-refractivity contribution is 0.111. The van der Waals surface area contributed by atoms with Crippen LogP contribution in [0.5, 0.6) is 0 Å². The molecular weight excluding hydrogens is 176 g/mol. The third-order valence-corrected chi connectivity index (χ3v) is 2.31. The van der Waals surface area contributed by atoms with Crippen LogP contribution in [0.1, 0.15) is 16.9 Å². The van der Waals surface area contributed by atoms with Crippen LogP contribution >= 0.6 is 0 Å². The highest BCUT2D eigenvalue weighted by atomic mass is 16.1. The molecule has 0 bridgehead atoms. The monoisotopic (exact) mass is 188 g/mol. The van der Waals surface area contributed by atoms with Crippen molar-refractivity contribution in [3.8, 4) is 0 Å². The Hall–Kier alpha value is -1.64. The number of carbonyl (C=O) groups excluding carboxylic acids is 1. The van der Waals surface area contributed by atoms with Gasteiger partial charge in [-0.15, -0.1) is 0 Å². The summed E-state index contributed by atoms with van der Waals surface area (Å²) in [5, 5.41) is 0. The molecule has 0 N–H and O–H groups in total. The molecule has 0 amide bonds. The summed E-state index contributed by atoms with van der Waals surface area (Å²) in [6, 6.07) is 3.76. The summed E-state index contributed by atoms with van der Waals surface area (Å²) in [6.07, 6.45) is 7.85. The molecule has 1 aliphatic rings. The lowest BCUT2D eigenvalue weighted by atomic mass is 10.2. The number of hydrogen-bond donors (Lipinski definition) is 0. The van der Waals surface area contributed by atoms with E-state index >= 15 is 0 Å². The maximum absolute atomic E-state index is 10.5. The molecule has 14 heavy (non-hydrogen) atoms. The summed E-state index contributed by atoms with van der Waals surface area (Å²) >= 11 is 0. The fourth-order valence-corrected chi connectivity index (χ4v) is 1.57. The predicted octanol–water partition coefficient (Wildman–Crippen LogP) is 1.66. The predicted molar refractivity (Wildman–Crippen MR) is 55.6 cm³/mol. The van der Waals surface area contributed by atoms with Gasteiger partial charge in [-0.25, -0.2) is 0 Å². The molecule has 3 nitrogen and oxygen atoms in total. The number of rotatable bonds is 2. The van der Waals surface area contributed by atoms with E-state index in [1.165, 1.54) is 0 Å². The first-order valence-electron chi connectivity index (χ1n) is 4.71. The van der Waals surface area contributed by atoms with E-state index in [1.807, 2.05) is 12.1 Å². The molecule has 0 saturated heterocycles. The number of aldehydes is 1. The third kappa shape index (κ3) is 1.82. The Balaban J connectivity index is 2.22. The van der Waals surface area contributed by atoms with Gasteiger partial charge in [0, 0.05) is 25.0 Å². The third-order valence-electron chi connectivity index (χ3n) is 2.31. The number of nitrogens with zero attached hydrogens (tertiary/aromatic N) is 2. The normalized spacial score (nSPS) is 15.6. The molecular formula is C11H12N2O. The second-order valence-corrected chi connectivity index (χ2v) is 3.26. The average molecular weight is 188 g/mol. The van der Waals surface area contributed by atoms with E-state index in [0.717, 1.165) is 31.5 Å². The van der Waals surface area contributed by atoms with Crippen LogP contribution in [0.2, 0.25) is 0 Å². The second kappa shape index (κ2) is 4.05. The Bertz CT molecular complexity index is 360. The zero-order chi connectivity index (χ0) is 9.80. The second-order valence-electron chi connectivity index (χ2n) is 3.26. The molecule has 1 aromatic heterocycles. The van der Waals surface area contributed by atoms with Crippen LogP contribution in [0.25, 0.3) is 0 Å². The van der Waals surface area contributed by atoms with E-state index in [0.29, 0.717) is 5.69 Å². The Kier molecular flexibility index (Phi) is 2.58. The fourth-order valence-electron chi connectivity index (χ4n) is 1.57. The molecule has 1 aliphatic heterocycles. The van der Waals surface area contributed by atoms with Gasteiger partial charge in [0.1, 0.15) is 5.69 Å². The SMILES string of the molecule is O=Cc1cc(N2CC=CCC2)ccn1. The molecule has 0 aliphatic carbocycles. The summed E-state index contributed by atoms with van der Waals surface area (Å²) < 4.78 is 0. The minimum absolute atomic E-state index is 0.497. The largest absolute Gasteiger partial charge is 0.367 e. The highest BCUT2D eigenvalue weighted by Gasteiger charge is 2.07. The van der Waals surface area contributed by atoms with Gasteiger partial charge in [0.2, 0.25) is 0 Å². The highest BCUT2D eigenvalue weighted by Crippen LogP contribution is 2.16. The Morgan fingerprint density at radius 2 is 2.36 bits per heavy atom. The van der Waals surface area contributed by atoms with Crippen molar-refractivity contribution in [1.82, 2.24) is 4.98 Å². The molecule has 72 valence electrons. The topological polar surface area (TPSA) is 33.2 Å². The van der Waals surface area contributed by atoms with Crippen molar-refractivity contribution in [3.05, 3.63) is 36.2 Å². The molecule has 0 unspecified atom stereocenters. The first kappa shape index (κ1) is 8.94. The van der Waals surface area contributed by atoms with Crippen LogP contribution in [0.4, 0.5) is 5.69 Å². The molecule has 0 radical (unpaired) electrons. The number of hydrogen-bond acceptors (Lipinski definition) is 3. The van der Waals surface area contributed by atoms with Crippen LogP contribution < -0.4 is 4.90 Å². The Morgan fingerprint density at radius 1 is 1.43 bits per heavy atom. The molecule has 0 aromatic carbocycles. The van der Waals surface area contributed by atoms with Crippen molar-refractivity contribution in [2.75, 3.05) is 18.0 Å². The van der Waals surface area contributed by atoms with Gasteiger partial charge in [-0.1, -0.05) is 12.2 Å². The van der Waals surface area contributed by atoms with Gasteiger partial charge in [-0.2, -0.15) is 0 Å². The molecule has 0 saturated carbocycles. The molecule has 2 rings (SSSR count). The lowest BCUT2D eigenvalue weighted by Gasteiger charge is -2.25. The van der Waals surface area contributed by atoms with Crippen molar-refractivity contribution in [2.24, 2.45) is 0 Å². The average Bonchev–Trinajstić information content (AvgIpc) is 2.30. The van der Waals surface area contributed by atoms with Gasteiger partial charge in [0.05, 0.1) is 0 Å². The summed E-state index contributed by atoms with van der Waals surface area (Å²) in [6.45, 7) is 1.93. The summed E-state index contributed by atoms with van der Waals surface area (Å²) in [7, 11) is 0. The van der Waals surface area contributed by atoms with Crippen molar-refractivity contribution in [1.29, 1.82) is 0 Å². The van der Waals surface area contributed by atoms with Crippen LogP contribution in [-0.2, 0) is 0 Å². The van der Waals surface area contributed by atoms with Gasteiger partial charge < -0.3 is 4.90 Å². The van der Waals surface area contributed by atoms with Crippen molar-refractivity contribution < 1.29 is 4.79 Å². The number of aromatic nitrogens is 1. The van der Waals surface area contributed by atoms with Crippen LogP contribution in [0.3, 0.4) is 0 Å². The smallest absolute Gasteiger partial charge is 0.168 e. The van der Waals surface area contributed by atoms with Gasteiger partial charge in [-0.3, -0.25) is 9.78 Å². The standard InChI is InChI=1S/C11H12N2O/c14-9-10-8-11(4-5-12-10)13-6-2-1-3-7-13/h1-2,4-5,8-9H,3,6-7H2. The number of pyridine rings is 1. The van der Waals surface area contributed by atoms with Crippen molar-refractivity contribution >= 4 is 12.0 Å². The van der Waals surface area contributed by atoms with Crippen LogP contribution in [0, 0.1) is 0 Å². The summed E-state index contributed by atoms with van der Waals surface area (Å²) in [4.78, 5) is 16.7. The number of carbonyl (C=O) groups is 1. The molecule has 3 heteroatoms. The maximum Gasteiger partial charge on any atom is 0.168 e. The molecule has 2 heterocycles. The van der Waals surface area contributed by atoms with Crippen molar-refractivity contribution in [2.45, 2.75) is 6.42 Å². The van der Waals surface area contributed by atoms with E-state index < -0.39 is 0 Å². The van der Waals surface area contributed by atoms with E-state index in [-0.39, 0.29) is 0 Å². The Morgan fingerprint density at radius 3 is 3.07 bits per heavy atom. The molecule has 1 aromatic rings. The minimum Gasteiger partial charge on any atom is -0.367 e. The van der Waals surface area contributed by atoms with E-state index in [9.17, 15) is 4.79 Å². The zero-order valence-corrected chi connectivity index (χ0v) is 7.89. The van der Waals surface area contributed by atoms with E-state index in [1.54, 1.807) is 6.20 Å². The summed E-state index contributed by atoms with van der Waals surface area (Å²) in [5.41, 5.74) is 1.57. The van der Waals surface area contributed by atoms with E-state index in [4.69, 9.17) is 0 Å². The zero-order valence-electron chi connectivity index (χ0n) is 7.89. The molecule has 0 spiro atoms. The lowest BCUT2D eigenvalue weighted by Crippen LogP contribution is -2.26. The van der Waals surface area contributed by atoms with Gasteiger partial charge >= 0.3 is 0 Å². The fraction of sp³-hybridized carbons (Fsp3) is 0.273. The summed E-state index contributed by atoms with van der Waals surface area (Å²) in [5.74, 6) is 0. The quantitative estimate of drug-likeness (QED) is 0.522. The molecule has 0 fully saturated rings. The highest BCUT2D eigenvalue weighted by molar-refractivity contribution is 5.74. The minimum atomic E-state index is 0.497. The van der Waals surface area contributed by atoms with E-state index in [2.05, 4.69) is 22.0 Å². The molecule has 0 atom stereocenters. The van der Waals surface area contributed by atoms with Gasteiger partial charge in [0.25, 0.3) is 0 Å². The Labute approximate surface area is 83.1 Å². The first-order chi connectivity index (χ1) is 6.90. The van der Waals surface area contributed by atoms with Gasteiger partial charge in [0.15, 0.2) is 6.29 Å². The first-order valence-corrected chi connectivity index (χ1v) is 4.71.